The first-order chi connectivity index (χ1) is 10.2. The highest BCUT2D eigenvalue weighted by atomic mass is 16.5. The van der Waals surface area contributed by atoms with E-state index in [1.807, 2.05) is 37.3 Å². The van der Waals surface area contributed by atoms with Crippen LogP contribution in [0.3, 0.4) is 0 Å². The molecule has 21 heavy (non-hydrogen) atoms. The van der Waals surface area contributed by atoms with Crippen LogP contribution in [0.2, 0.25) is 0 Å². The predicted octanol–water partition coefficient (Wildman–Crippen LogP) is 1.27. The number of aliphatic hydroxyl groups excluding tert-OH is 1. The molecule has 0 aliphatic rings. The van der Waals surface area contributed by atoms with E-state index >= 15 is 0 Å². The van der Waals surface area contributed by atoms with E-state index in [2.05, 4.69) is 10.3 Å². The third-order valence-corrected chi connectivity index (χ3v) is 3.20. The van der Waals surface area contributed by atoms with Crippen molar-refractivity contribution in [1.82, 2.24) is 15.0 Å². The monoisotopic (exact) mass is 290 g/mol. The zero-order chi connectivity index (χ0) is 15.1. The van der Waals surface area contributed by atoms with Crippen molar-refractivity contribution in [2.75, 3.05) is 6.61 Å². The fourth-order valence-electron chi connectivity index (χ4n) is 1.94. The third kappa shape index (κ3) is 4.93. The summed E-state index contributed by atoms with van der Waals surface area (Å²) in [5, 5.41) is 17.9. The zero-order valence-electron chi connectivity index (χ0n) is 12.2. The van der Waals surface area contributed by atoms with Gasteiger partial charge in [0.2, 0.25) is 0 Å². The average molecular weight is 290 g/mol. The molecule has 1 aromatic carbocycles. The molecule has 0 saturated carbocycles. The second-order valence-electron chi connectivity index (χ2n) is 5.03. The van der Waals surface area contributed by atoms with Crippen molar-refractivity contribution in [3.8, 4) is 0 Å². The fourth-order valence-corrected chi connectivity index (χ4v) is 1.94. The van der Waals surface area contributed by atoms with Crippen molar-refractivity contribution in [2.24, 2.45) is 5.73 Å². The van der Waals surface area contributed by atoms with Gasteiger partial charge < -0.3 is 15.6 Å². The summed E-state index contributed by atoms with van der Waals surface area (Å²) in [4.78, 5) is 0. The second-order valence-corrected chi connectivity index (χ2v) is 5.03. The number of rotatable bonds is 8. The van der Waals surface area contributed by atoms with Gasteiger partial charge in [0.25, 0.3) is 0 Å². The van der Waals surface area contributed by atoms with Crippen LogP contribution in [0.1, 0.15) is 30.6 Å². The van der Waals surface area contributed by atoms with Gasteiger partial charge in [-0.05, 0) is 12.0 Å². The van der Waals surface area contributed by atoms with E-state index in [0.29, 0.717) is 13.2 Å². The molecule has 0 fully saturated rings. The van der Waals surface area contributed by atoms with E-state index in [-0.39, 0.29) is 12.6 Å². The van der Waals surface area contributed by atoms with Gasteiger partial charge in [-0.1, -0.05) is 42.5 Å². The Labute approximate surface area is 124 Å². The SMILES string of the molecule is CCC(N)c1cn(CC(O)COCc2ccccc2)nn1. The van der Waals surface area contributed by atoms with Crippen LogP contribution in [0.25, 0.3) is 0 Å². The minimum absolute atomic E-state index is 0.106. The molecule has 1 heterocycles. The Balaban J connectivity index is 1.74. The molecule has 0 radical (unpaired) electrons. The summed E-state index contributed by atoms with van der Waals surface area (Å²) >= 11 is 0. The van der Waals surface area contributed by atoms with Crippen molar-refractivity contribution in [1.29, 1.82) is 0 Å². The normalized spacial score (nSPS) is 14.0. The van der Waals surface area contributed by atoms with Crippen LogP contribution in [0.5, 0.6) is 0 Å². The molecule has 2 atom stereocenters. The Kier molecular flexibility index (Phi) is 5.86. The molecule has 2 unspecified atom stereocenters. The van der Waals surface area contributed by atoms with Gasteiger partial charge in [-0.2, -0.15) is 0 Å². The molecule has 0 bridgehead atoms. The lowest BCUT2D eigenvalue weighted by molar-refractivity contribution is 0.0184. The highest BCUT2D eigenvalue weighted by Crippen LogP contribution is 2.09. The van der Waals surface area contributed by atoms with Crippen molar-refractivity contribution >= 4 is 0 Å². The quantitative estimate of drug-likeness (QED) is 0.764. The number of nitrogens with zero attached hydrogens (tertiary/aromatic N) is 3. The Morgan fingerprint density at radius 1 is 1.33 bits per heavy atom. The number of aromatic nitrogens is 3. The Morgan fingerprint density at radius 2 is 2.10 bits per heavy atom. The Morgan fingerprint density at radius 3 is 2.81 bits per heavy atom. The van der Waals surface area contributed by atoms with Crippen molar-refractivity contribution in [2.45, 2.75) is 38.6 Å². The lowest BCUT2D eigenvalue weighted by Crippen LogP contribution is -2.22. The van der Waals surface area contributed by atoms with E-state index in [0.717, 1.165) is 17.7 Å². The summed E-state index contributed by atoms with van der Waals surface area (Å²) in [6, 6.07) is 9.75. The summed E-state index contributed by atoms with van der Waals surface area (Å²) in [5.74, 6) is 0. The van der Waals surface area contributed by atoms with E-state index in [1.54, 1.807) is 10.9 Å². The largest absolute Gasteiger partial charge is 0.389 e. The summed E-state index contributed by atoms with van der Waals surface area (Å²) < 4.78 is 7.09. The standard InChI is InChI=1S/C15H22N4O2/c1-2-14(16)15-9-19(18-17-15)8-13(20)11-21-10-12-6-4-3-5-7-12/h3-7,9,13-14,20H,2,8,10-11,16H2,1H3. The number of hydrogen-bond acceptors (Lipinski definition) is 5. The van der Waals surface area contributed by atoms with Crippen LogP contribution in [0.4, 0.5) is 0 Å². The molecule has 0 aliphatic carbocycles. The van der Waals surface area contributed by atoms with Crippen LogP contribution in [0.15, 0.2) is 36.5 Å². The molecule has 1 aromatic heterocycles. The minimum Gasteiger partial charge on any atom is -0.389 e. The molecule has 2 rings (SSSR count). The third-order valence-electron chi connectivity index (χ3n) is 3.20. The van der Waals surface area contributed by atoms with Crippen molar-refractivity contribution in [3.63, 3.8) is 0 Å². The average Bonchev–Trinajstić information content (AvgIpc) is 2.96. The van der Waals surface area contributed by atoms with Gasteiger partial charge in [-0.25, -0.2) is 4.68 Å². The number of hydrogen-bond donors (Lipinski definition) is 2. The maximum absolute atomic E-state index is 9.94. The molecule has 6 heteroatoms. The lowest BCUT2D eigenvalue weighted by atomic mass is 10.2. The second kappa shape index (κ2) is 7.87. The molecule has 114 valence electrons. The molecule has 0 aliphatic heterocycles. The number of aliphatic hydroxyl groups is 1. The van der Waals surface area contributed by atoms with Crippen LogP contribution < -0.4 is 5.73 Å². The first-order valence-electron chi connectivity index (χ1n) is 7.14. The first-order valence-corrected chi connectivity index (χ1v) is 7.14. The van der Waals surface area contributed by atoms with Gasteiger partial charge in [0.15, 0.2) is 0 Å². The van der Waals surface area contributed by atoms with Gasteiger partial charge in [0, 0.05) is 0 Å². The van der Waals surface area contributed by atoms with Gasteiger partial charge >= 0.3 is 0 Å². The van der Waals surface area contributed by atoms with E-state index in [4.69, 9.17) is 10.5 Å². The number of nitrogens with two attached hydrogens (primary N) is 1. The molecule has 0 amide bonds. The van der Waals surface area contributed by atoms with E-state index in [1.165, 1.54) is 0 Å². The Bertz CT molecular complexity index is 529. The highest BCUT2D eigenvalue weighted by molar-refractivity contribution is 5.13. The molecule has 2 aromatic rings. The van der Waals surface area contributed by atoms with Gasteiger partial charge in [-0.3, -0.25) is 0 Å². The summed E-state index contributed by atoms with van der Waals surface area (Å²) in [5.41, 5.74) is 7.71. The number of ether oxygens (including phenoxy) is 1. The molecular weight excluding hydrogens is 268 g/mol. The fraction of sp³-hybridized carbons (Fsp3) is 0.467. The van der Waals surface area contributed by atoms with Crippen LogP contribution in [0, 0.1) is 0 Å². The topological polar surface area (TPSA) is 86.2 Å². The van der Waals surface area contributed by atoms with E-state index < -0.39 is 6.10 Å². The molecule has 6 nitrogen and oxygen atoms in total. The van der Waals surface area contributed by atoms with Crippen LogP contribution >= 0.6 is 0 Å². The van der Waals surface area contributed by atoms with Gasteiger partial charge in [0.1, 0.15) is 0 Å². The number of benzene rings is 1. The van der Waals surface area contributed by atoms with Crippen LogP contribution in [-0.2, 0) is 17.9 Å². The Hall–Kier alpha value is -1.76. The summed E-state index contributed by atoms with van der Waals surface area (Å²) in [7, 11) is 0. The molecule has 3 N–H and O–H groups in total. The smallest absolute Gasteiger partial charge is 0.0994 e. The van der Waals surface area contributed by atoms with E-state index in [9.17, 15) is 5.11 Å². The highest BCUT2D eigenvalue weighted by Gasteiger charge is 2.11. The molecule has 0 spiro atoms. The summed E-state index contributed by atoms with van der Waals surface area (Å²) in [6.45, 7) is 3.08. The van der Waals surface area contributed by atoms with Crippen molar-refractivity contribution in [3.05, 3.63) is 47.8 Å². The summed E-state index contributed by atoms with van der Waals surface area (Å²) in [6.07, 6.45) is 1.96. The van der Waals surface area contributed by atoms with Gasteiger partial charge in [-0.15, -0.1) is 5.10 Å². The molecular formula is C15H22N4O2. The van der Waals surface area contributed by atoms with Crippen molar-refractivity contribution < 1.29 is 9.84 Å². The predicted molar refractivity (Wildman–Crippen MR) is 79.3 cm³/mol. The van der Waals surface area contributed by atoms with Gasteiger partial charge in [0.05, 0.1) is 43.8 Å². The molecule has 0 saturated heterocycles. The first kappa shape index (κ1) is 15.6. The maximum Gasteiger partial charge on any atom is 0.0994 e. The van der Waals surface area contributed by atoms with Crippen LogP contribution in [-0.4, -0.2) is 32.8 Å². The zero-order valence-corrected chi connectivity index (χ0v) is 12.2. The lowest BCUT2D eigenvalue weighted by Gasteiger charge is -2.11. The maximum atomic E-state index is 9.94. The minimum atomic E-state index is -0.624.